The van der Waals surface area contributed by atoms with Gasteiger partial charge in [0, 0.05) is 29.7 Å². The first kappa shape index (κ1) is 21.8. The number of oxazole rings is 1. The zero-order chi connectivity index (χ0) is 23.8. The lowest BCUT2D eigenvalue weighted by Crippen LogP contribution is -2.39. The molecule has 3 heterocycles. The van der Waals surface area contributed by atoms with Crippen LogP contribution in [0.5, 0.6) is 5.75 Å². The molecule has 0 atom stereocenters. The molecule has 34 heavy (non-hydrogen) atoms. The Hall–Kier alpha value is -4.01. The number of furan rings is 1. The van der Waals surface area contributed by atoms with E-state index in [1.807, 2.05) is 13.0 Å². The molecule has 0 bridgehead atoms. The van der Waals surface area contributed by atoms with Crippen LogP contribution in [0.15, 0.2) is 50.0 Å². The van der Waals surface area contributed by atoms with Gasteiger partial charge in [0.25, 0.3) is 5.91 Å². The summed E-state index contributed by atoms with van der Waals surface area (Å²) in [5.74, 6) is -0.286. The van der Waals surface area contributed by atoms with Gasteiger partial charge in [-0.2, -0.15) is 0 Å². The molecular formula is C25H25N3O6. The highest BCUT2D eigenvalue weighted by molar-refractivity contribution is 6.07. The van der Waals surface area contributed by atoms with Gasteiger partial charge < -0.3 is 23.8 Å². The first-order valence-corrected chi connectivity index (χ1v) is 11.2. The lowest BCUT2D eigenvalue weighted by Gasteiger charge is -2.26. The van der Waals surface area contributed by atoms with Crippen molar-refractivity contribution in [3.63, 3.8) is 0 Å². The number of benzene rings is 2. The normalized spacial score (nSPS) is 14.0. The summed E-state index contributed by atoms with van der Waals surface area (Å²) in [7, 11) is 1.58. The molecule has 2 amide bonds. The lowest BCUT2D eigenvalue weighted by atomic mass is 10.1. The molecule has 1 aliphatic rings. The number of carbonyl (C=O) groups excluding carboxylic acids is 2. The van der Waals surface area contributed by atoms with E-state index >= 15 is 0 Å². The van der Waals surface area contributed by atoms with Crippen LogP contribution in [0.1, 0.15) is 35.4 Å². The van der Waals surface area contributed by atoms with Crippen LogP contribution < -0.4 is 15.8 Å². The van der Waals surface area contributed by atoms with Crippen LogP contribution in [0.3, 0.4) is 0 Å². The third kappa shape index (κ3) is 3.93. The van der Waals surface area contributed by atoms with Gasteiger partial charge in [-0.05, 0) is 62.6 Å². The molecule has 5 rings (SSSR count). The molecule has 0 radical (unpaired) electrons. The van der Waals surface area contributed by atoms with Gasteiger partial charge in [0.2, 0.25) is 5.91 Å². The maximum atomic E-state index is 13.0. The minimum Gasteiger partial charge on any atom is -0.497 e. The smallest absolute Gasteiger partial charge is 0.420 e. The molecule has 0 spiro atoms. The Morgan fingerprint density at radius 3 is 2.56 bits per heavy atom. The van der Waals surface area contributed by atoms with Crippen LogP contribution in [0, 0.1) is 6.92 Å². The molecule has 4 aromatic rings. The number of fused-ring (bicyclic) bond motifs is 2. The van der Waals surface area contributed by atoms with Crippen LogP contribution in [0.4, 0.5) is 5.69 Å². The second-order valence-corrected chi connectivity index (χ2v) is 8.45. The molecule has 0 aliphatic carbocycles. The summed E-state index contributed by atoms with van der Waals surface area (Å²) in [5.41, 5.74) is 2.52. The van der Waals surface area contributed by atoms with E-state index in [2.05, 4.69) is 5.32 Å². The van der Waals surface area contributed by atoms with Crippen molar-refractivity contribution in [1.82, 2.24) is 9.47 Å². The zero-order valence-corrected chi connectivity index (χ0v) is 19.1. The van der Waals surface area contributed by atoms with Gasteiger partial charge in [0.1, 0.15) is 17.9 Å². The summed E-state index contributed by atoms with van der Waals surface area (Å²) in [6.45, 7) is 3.11. The average molecular weight is 463 g/mol. The van der Waals surface area contributed by atoms with Crippen LogP contribution in [-0.2, 0) is 11.3 Å². The number of ether oxygens (including phenoxy) is 1. The van der Waals surface area contributed by atoms with E-state index in [0.717, 1.165) is 24.6 Å². The maximum Gasteiger partial charge on any atom is 0.420 e. The quantitative estimate of drug-likeness (QED) is 0.481. The summed E-state index contributed by atoms with van der Waals surface area (Å²) < 4.78 is 17.6. The van der Waals surface area contributed by atoms with Gasteiger partial charge in [0.15, 0.2) is 11.3 Å². The summed E-state index contributed by atoms with van der Waals surface area (Å²) in [5, 5.41) is 3.61. The molecule has 0 saturated carbocycles. The number of methoxy groups -OCH3 is 1. The highest BCUT2D eigenvalue weighted by Gasteiger charge is 2.21. The number of hydrogen-bond acceptors (Lipinski definition) is 6. The minimum absolute atomic E-state index is 0.103. The van der Waals surface area contributed by atoms with Gasteiger partial charge in [-0.15, -0.1) is 0 Å². The second-order valence-electron chi connectivity index (χ2n) is 8.45. The Kier molecular flexibility index (Phi) is 5.61. The molecule has 9 heteroatoms. The molecule has 2 aromatic heterocycles. The van der Waals surface area contributed by atoms with Crippen molar-refractivity contribution in [3.8, 4) is 5.75 Å². The van der Waals surface area contributed by atoms with Crippen LogP contribution >= 0.6 is 0 Å². The molecule has 176 valence electrons. The average Bonchev–Trinajstić information content (AvgIpc) is 3.35. The Morgan fingerprint density at radius 2 is 1.79 bits per heavy atom. The summed E-state index contributed by atoms with van der Waals surface area (Å²) in [6, 6.07) is 10.2. The molecule has 1 saturated heterocycles. The standard InChI is InChI=1S/C25H25N3O6/c1-15-18-13-17(32-2)7-9-20(18)33-23(15)24(30)26-16-6-8-21-19(12-16)28(25(31)34-21)14-22(29)27-10-4-3-5-11-27/h6-9,12-13H,3-5,10-11,14H2,1-2H3,(H,26,30). The third-order valence-corrected chi connectivity index (χ3v) is 6.28. The summed E-state index contributed by atoms with van der Waals surface area (Å²) in [6.07, 6.45) is 3.05. The fraction of sp³-hybridized carbons (Fsp3) is 0.320. The number of amides is 2. The predicted octanol–water partition coefficient (Wildman–Crippen LogP) is 3.92. The molecular weight excluding hydrogens is 438 g/mol. The van der Waals surface area contributed by atoms with Crippen molar-refractivity contribution < 1.29 is 23.2 Å². The minimum atomic E-state index is -0.606. The fourth-order valence-electron chi connectivity index (χ4n) is 4.40. The summed E-state index contributed by atoms with van der Waals surface area (Å²) >= 11 is 0. The molecule has 9 nitrogen and oxygen atoms in total. The number of aromatic nitrogens is 1. The van der Waals surface area contributed by atoms with E-state index in [-0.39, 0.29) is 18.2 Å². The monoisotopic (exact) mass is 463 g/mol. The van der Waals surface area contributed by atoms with Crippen LogP contribution in [0.2, 0.25) is 0 Å². The number of anilines is 1. The summed E-state index contributed by atoms with van der Waals surface area (Å²) in [4.78, 5) is 39.9. The number of nitrogens with one attached hydrogen (secondary N) is 1. The largest absolute Gasteiger partial charge is 0.497 e. The molecule has 1 aliphatic heterocycles. The first-order valence-electron chi connectivity index (χ1n) is 11.2. The molecule has 0 unspecified atom stereocenters. The number of piperidine rings is 1. The van der Waals surface area contributed by atoms with Gasteiger partial charge in [-0.1, -0.05) is 0 Å². The number of likely N-dealkylation sites (tertiary alicyclic amines) is 1. The SMILES string of the molecule is COc1ccc2oc(C(=O)Nc3ccc4oc(=O)n(CC(=O)N5CCCCC5)c4c3)c(C)c2c1. The topological polar surface area (TPSA) is 107 Å². The second kappa shape index (κ2) is 8.74. The number of aryl methyl sites for hydroxylation is 1. The third-order valence-electron chi connectivity index (χ3n) is 6.28. The zero-order valence-electron chi connectivity index (χ0n) is 19.1. The van der Waals surface area contributed by atoms with Gasteiger partial charge >= 0.3 is 5.76 Å². The maximum absolute atomic E-state index is 13.0. The van der Waals surface area contributed by atoms with E-state index in [0.29, 0.717) is 46.8 Å². The van der Waals surface area contributed by atoms with Crippen molar-refractivity contribution in [2.24, 2.45) is 0 Å². The number of carbonyl (C=O) groups is 2. The van der Waals surface area contributed by atoms with Crippen LogP contribution in [-0.4, -0.2) is 41.5 Å². The van der Waals surface area contributed by atoms with E-state index < -0.39 is 11.7 Å². The van der Waals surface area contributed by atoms with E-state index in [1.165, 1.54) is 4.57 Å². The van der Waals surface area contributed by atoms with Crippen LogP contribution in [0.25, 0.3) is 22.1 Å². The van der Waals surface area contributed by atoms with Crippen molar-refractivity contribution >= 4 is 39.6 Å². The van der Waals surface area contributed by atoms with Crippen molar-refractivity contribution in [1.29, 1.82) is 0 Å². The Morgan fingerprint density at radius 1 is 1.03 bits per heavy atom. The Labute approximate surface area is 194 Å². The van der Waals surface area contributed by atoms with E-state index in [9.17, 15) is 14.4 Å². The number of hydrogen-bond donors (Lipinski definition) is 1. The Balaban J connectivity index is 1.41. The first-order chi connectivity index (χ1) is 16.4. The van der Waals surface area contributed by atoms with E-state index in [1.54, 1.807) is 42.3 Å². The number of nitrogens with zero attached hydrogens (tertiary/aromatic N) is 2. The molecule has 1 fully saturated rings. The molecule has 2 aromatic carbocycles. The predicted molar refractivity (Wildman–Crippen MR) is 126 cm³/mol. The number of rotatable bonds is 5. The highest BCUT2D eigenvalue weighted by Crippen LogP contribution is 2.29. The fourth-order valence-corrected chi connectivity index (χ4v) is 4.40. The van der Waals surface area contributed by atoms with E-state index in [4.69, 9.17) is 13.6 Å². The molecule has 1 N–H and O–H groups in total. The Bertz CT molecular complexity index is 1450. The van der Waals surface area contributed by atoms with Crippen molar-refractivity contribution in [2.75, 3.05) is 25.5 Å². The van der Waals surface area contributed by atoms with Crippen molar-refractivity contribution in [2.45, 2.75) is 32.7 Å². The lowest BCUT2D eigenvalue weighted by molar-refractivity contribution is -0.132. The van der Waals surface area contributed by atoms with Gasteiger partial charge in [-0.3, -0.25) is 14.2 Å². The van der Waals surface area contributed by atoms with Gasteiger partial charge in [-0.25, -0.2) is 4.79 Å². The van der Waals surface area contributed by atoms with Crippen molar-refractivity contribution in [3.05, 3.63) is 58.3 Å². The van der Waals surface area contributed by atoms with Gasteiger partial charge in [0.05, 0.1) is 12.6 Å². The highest BCUT2D eigenvalue weighted by atomic mass is 16.5.